The van der Waals surface area contributed by atoms with Gasteiger partial charge in [-0.1, -0.05) is 12.8 Å². The highest BCUT2D eigenvalue weighted by Gasteiger charge is 2.48. The Hall–Kier alpha value is -0.0800. The second kappa shape index (κ2) is 2.46. The topological polar surface area (TPSA) is 46.2 Å². The standard InChI is InChI=1S/C9H17NO/c10-7-3-1-5-9(7)6-2-4-8(9)11/h7-8,11H,1-6,10H2/t7-,8-,9-/m0/s1. The first-order valence-corrected chi connectivity index (χ1v) is 4.69. The van der Waals surface area contributed by atoms with Crippen molar-refractivity contribution in [2.45, 2.75) is 50.7 Å². The average Bonchev–Trinajstić information content (AvgIpc) is 2.48. The first kappa shape index (κ1) is 7.56. The van der Waals surface area contributed by atoms with E-state index in [0.717, 1.165) is 25.7 Å². The van der Waals surface area contributed by atoms with Crippen LogP contribution in [-0.2, 0) is 0 Å². The number of nitrogens with two attached hydrogens (primary N) is 1. The van der Waals surface area contributed by atoms with Crippen molar-refractivity contribution in [3.63, 3.8) is 0 Å². The molecule has 11 heavy (non-hydrogen) atoms. The predicted molar refractivity (Wildman–Crippen MR) is 44.1 cm³/mol. The van der Waals surface area contributed by atoms with Crippen LogP contribution in [0, 0.1) is 5.41 Å². The van der Waals surface area contributed by atoms with Crippen LogP contribution < -0.4 is 5.73 Å². The van der Waals surface area contributed by atoms with E-state index in [1.54, 1.807) is 0 Å². The van der Waals surface area contributed by atoms with Crippen LogP contribution in [0.1, 0.15) is 38.5 Å². The maximum absolute atomic E-state index is 9.77. The van der Waals surface area contributed by atoms with Gasteiger partial charge in [0, 0.05) is 11.5 Å². The normalized spacial score (nSPS) is 50.7. The maximum Gasteiger partial charge on any atom is 0.0611 e. The lowest BCUT2D eigenvalue weighted by Crippen LogP contribution is -2.42. The predicted octanol–water partition coefficient (Wildman–Crippen LogP) is 1.03. The number of hydrogen-bond acceptors (Lipinski definition) is 2. The van der Waals surface area contributed by atoms with Gasteiger partial charge in [0.15, 0.2) is 0 Å². The zero-order chi connectivity index (χ0) is 7.90. The highest BCUT2D eigenvalue weighted by atomic mass is 16.3. The Bertz CT molecular complexity index is 140. The van der Waals surface area contributed by atoms with Crippen LogP contribution in [0.2, 0.25) is 0 Å². The Morgan fingerprint density at radius 2 is 1.82 bits per heavy atom. The molecular formula is C9H17NO. The molecule has 2 aliphatic rings. The highest BCUT2D eigenvalue weighted by Crippen LogP contribution is 2.49. The van der Waals surface area contributed by atoms with Gasteiger partial charge in [-0.2, -0.15) is 0 Å². The smallest absolute Gasteiger partial charge is 0.0611 e. The molecule has 2 aliphatic carbocycles. The molecule has 0 aromatic heterocycles. The van der Waals surface area contributed by atoms with Crippen molar-refractivity contribution in [1.29, 1.82) is 0 Å². The molecule has 0 bridgehead atoms. The first-order valence-electron chi connectivity index (χ1n) is 4.69. The third kappa shape index (κ3) is 0.926. The lowest BCUT2D eigenvalue weighted by molar-refractivity contribution is 0.0462. The average molecular weight is 155 g/mol. The van der Waals surface area contributed by atoms with Crippen molar-refractivity contribution in [1.82, 2.24) is 0 Å². The Kier molecular flexibility index (Phi) is 1.69. The molecule has 2 saturated carbocycles. The number of rotatable bonds is 0. The van der Waals surface area contributed by atoms with E-state index in [9.17, 15) is 5.11 Å². The summed E-state index contributed by atoms with van der Waals surface area (Å²) in [4.78, 5) is 0. The van der Waals surface area contributed by atoms with Crippen molar-refractivity contribution in [3.05, 3.63) is 0 Å². The molecule has 64 valence electrons. The number of aliphatic hydroxyl groups is 1. The molecule has 0 radical (unpaired) electrons. The zero-order valence-corrected chi connectivity index (χ0v) is 6.92. The van der Waals surface area contributed by atoms with Gasteiger partial charge < -0.3 is 10.8 Å². The van der Waals surface area contributed by atoms with Crippen molar-refractivity contribution < 1.29 is 5.11 Å². The minimum absolute atomic E-state index is 0.0972. The summed E-state index contributed by atoms with van der Waals surface area (Å²) in [5.41, 5.74) is 6.14. The number of aliphatic hydroxyl groups excluding tert-OH is 1. The summed E-state index contributed by atoms with van der Waals surface area (Å²) in [5.74, 6) is 0. The van der Waals surface area contributed by atoms with E-state index in [0.29, 0.717) is 0 Å². The summed E-state index contributed by atoms with van der Waals surface area (Å²) in [6, 6.07) is 0.278. The maximum atomic E-state index is 9.77. The van der Waals surface area contributed by atoms with Crippen LogP contribution in [-0.4, -0.2) is 17.3 Å². The van der Waals surface area contributed by atoms with E-state index < -0.39 is 0 Å². The summed E-state index contributed by atoms with van der Waals surface area (Å²) in [6.07, 6.45) is 6.72. The molecule has 0 saturated heterocycles. The monoisotopic (exact) mass is 155 g/mol. The second-order valence-electron chi connectivity index (χ2n) is 4.14. The fraction of sp³-hybridized carbons (Fsp3) is 1.00. The van der Waals surface area contributed by atoms with E-state index in [1.165, 1.54) is 12.8 Å². The van der Waals surface area contributed by atoms with Crippen LogP contribution in [0.4, 0.5) is 0 Å². The Morgan fingerprint density at radius 3 is 2.18 bits per heavy atom. The Morgan fingerprint density at radius 1 is 1.18 bits per heavy atom. The van der Waals surface area contributed by atoms with Crippen molar-refractivity contribution in [2.24, 2.45) is 11.1 Å². The molecule has 2 fully saturated rings. The van der Waals surface area contributed by atoms with Crippen molar-refractivity contribution in [2.75, 3.05) is 0 Å². The third-order valence-electron chi connectivity index (χ3n) is 3.68. The van der Waals surface area contributed by atoms with Crippen molar-refractivity contribution >= 4 is 0 Å². The van der Waals surface area contributed by atoms with Crippen LogP contribution >= 0.6 is 0 Å². The minimum atomic E-state index is -0.0972. The summed E-state index contributed by atoms with van der Waals surface area (Å²) in [5, 5.41) is 9.77. The lowest BCUT2D eigenvalue weighted by atomic mass is 9.79. The molecule has 0 aromatic rings. The molecular weight excluding hydrogens is 138 g/mol. The van der Waals surface area contributed by atoms with Crippen LogP contribution in [0.5, 0.6) is 0 Å². The Balaban J connectivity index is 2.19. The summed E-state index contributed by atoms with van der Waals surface area (Å²) in [6.45, 7) is 0. The van der Waals surface area contributed by atoms with Gasteiger partial charge in [-0.15, -0.1) is 0 Å². The van der Waals surface area contributed by atoms with Crippen LogP contribution in [0.15, 0.2) is 0 Å². The van der Waals surface area contributed by atoms with E-state index in [4.69, 9.17) is 5.73 Å². The molecule has 2 nitrogen and oxygen atoms in total. The van der Waals surface area contributed by atoms with Gasteiger partial charge in [-0.05, 0) is 25.7 Å². The van der Waals surface area contributed by atoms with Gasteiger partial charge in [0.25, 0.3) is 0 Å². The molecule has 2 rings (SSSR count). The molecule has 0 heterocycles. The fourth-order valence-corrected chi connectivity index (χ4v) is 2.93. The highest BCUT2D eigenvalue weighted by molar-refractivity contribution is 5.02. The molecule has 2 heteroatoms. The zero-order valence-electron chi connectivity index (χ0n) is 6.92. The summed E-state index contributed by atoms with van der Waals surface area (Å²) in [7, 11) is 0. The van der Waals surface area contributed by atoms with Gasteiger partial charge in [0.1, 0.15) is 0 Å². The van der Waals surface area contributed by atoms with Crippen LogP contribution in [0.3, 0.4) is 0 Å². The molecule has 0 amide bonds. The van der Waals surface area contributed by atoms with Crippen LogP contribution in [0.25, 0.3) is 0 Å². The number of hydrogen-bond donors (Lipinski definition) is 2. The lowest BCUT2D eigenvalue weighted by Gasteiger charge is -2.32. The summed E-state index contributed by atoms with van der Waals surface area (Å²) >= 11 is 0. The molecule has 1 spiro atoms. The van der Waals surface area contributed by atoms with Gasteiger partial charge in [0.05, 0.1) is 6.10 Å². The second-order valence-corrected chi connectivity index (χ2v) is 4.14. The third-order valence-corrected chi connectivity index (χ3v) is 3.68. The molecule has 3 atom stereocenters. The first-order chi connectivity index (χ1) is 5.26. The largest absolute Gasteiger partial charge is 0.392 e. The van der Waals surface area contributed by atoms with Gasteiger partial charge >= 0.3 is 0 Å². The fourth-order valence-electron chi connectivity index (χ4n) is 2.93. The van der Waals surface area contributed by atoms with E-state index in [1.807, 2.05) is 0 Å². The molecule has 0 aromatic carbocycles. The van der Waals surface area contributed by atoms with Gasteiger partial charge in [0.2, 0.25) is 0 Å². The van der Waals surface area contributed by atoms with E-state index in [2.05, 4.69) is 0 Å². The van der Waals surface area contributed by atoms with E-state index in [-0.39, 0.29) is 17.6 Å². The van der Waals surface area contributed by atoms with E-state index >= 15 is 0 Å². The minimum Gasteiger partial charge on any atom is -0.392 e. The van der Waals surface area contributed by atoms with Gasteiger partial charge in [-0.3, -0.25) is 0 Å². The summed E-state index contributed by atoms with van der Waals surface area (Å²) < 4.78 is 0. The van der Waals surface area contributed by atoms with Crippen molar-refractivity contribution in [3.8, 4) is 0 Å². The molecule has 0 aliphatic heterocycles. The van der Waals surface area contributed by atoms with Gasteiger partial charge in [-0.25, -0.2) is 0 Å². The SMILES string of the molecule is N[C@H]1CCC[C@]12CCC[C@@H]2O. The quantitative estimate of drug-likeness (QED) is 0.549. The molecule has 3 N–H and O–H groups in total. The Labute approximate surface area is 67.8 Å². The molecule has 0 unspecified atom stereocenters.